The van der Waals surface area contributed by atoms with Crippen LogP contribution in [0.2, 0.25) is 0 Å². The first kappa shape index (κ1) is 24.0. The summed E-state index contributed by atoms with van der Waals surface area (Å²) in [5.74, 6) is 1.60. The van der Waals surface area contributed by atoms with Crippen LogP contribution in [-0.4, -0.2) is 11.6 Å². The maximum Gasteiger partial charge on any atom is 0.163 e. The van der Waals surface area contributed by atoms with E-state index in [1.807, 2.05) is 49.5 Å². The van der Waals surface area contributed by atoms with Gasteiger partial charge >= 0.3 is 0 Å². The van der Waals surface area contributed by atoms with E-state index in [0.29, 0.717) is 0 Å². The highest BCUT2D eigenvalue weighted by molar-refractivity contribution is 7.81. The first-order valence-corrected chi connectivity index (χ1v) is 14.3. The second-order valence-electron chi connectivity index (χ2n) is 9.05. The Hall–Kier alpha value is -3.68. The lowest BCUT2D eigenvalue weighted by Crippen LogP contribution is -2.22. The van der Waals surface area contributed by atoms with Crippen LogP contribution >= 0.6 is 7.14 Å². The Morgan fingerprint density at radius 1 is 0.806 bits per heavy atom. The number of para-hydroxylation sites is 1. The second-order valence-corrected chi connectivity index (χ2v) is 11.8. The summed E-state index contributed by atoms with van der Waals surface area (Å²) < 4.78 is 16.2. The molecule has 5 rings (SSSR count). The zero-order valence-electron chi connectivity index (χ0n) is 20.9. The van der Waals surface area contributed by atoms with Gasteiger partial charge in [-0.3, -0.25) is 4.99 Å². The van der Waals surface area contributed by atoms with Crippen molar-refractivity contribution in [1.82, 2.24) is 4.57 Å². The molecule has 3 nitrogen and oxygen atoms in total. The molecular formula is C32H31N2OP. The number of hydrogen-bond donors (Lipinski definition) is 0. The predicted molar refractivity (Wildman–Crippen MR) is 155 cm³/mol. The highest BCUT2D eigenvalue weighted by atomic mass is 31.2. The third-order valence-corrected chi connectivity index (χ3v) is 9.57. The molecule has 0 saturated carbocycles. The fourth-order valence-corrected chi connectivity index (χ4v) is 6.93. The van der Waals surface area contributed by atoms with Gasteiger partial charge in [0.05, 0.1) is 5.52 Å². The zero-order chi connectivity index (χ0) is 25.1. The normalized spacial score (nSPS) is 13.7. The number of fused-ring (bicyclic) bond motifs is 3. The second kappa shape index (κ2) is 10.1. The van der Waals surface area contributed by atoms with Gasteiger partial charge in [0.2, 0.25) is 0 Å². The summed E-state index contributed by atoms with van der Waals surface area (Å²) in [6, 6.07) is 32.9. The Morgan fingerprint density at radius 2 is 1.47 bits per heavy atom. The number of rotatable bonds is 7. The van der Waals surface area contributed by atoms with Crippen LogP contribution in [-0.2, 0) is 11.1 Å². The van der Waals surface area contributed by atoms with Crippen molar-refractivity contribution >= 4 is 39.4 Å². The van der Waals surface area contributed by atoms with Gasteiger partial charge in [-0.05, 0) is 40.9 Å². The van der Waals surface area contributed by atoms with Crippen LogP contribution in [0, 0.1) is 0 Å². The van der Waals surface area contributed by atoms with Gasteiger partial charge in [0, 0.05) is 35.0 Å². The molecular weight excluding hydrogens is 459 g/mol. The van der Waals surface area contributed by atoms with Crippen LogP contribution in [0.5, 0.6) is 0 Å². The Kier molecular flexibility index (Phi) is 6.76. The molecule has 1 atom stereocenters. The van der Waals surface area contributed by atoms with Gasteiger partial charge < -0.3 is 9.13 Å². The fraction of sp³-hybridized carbons (Fsp3) is 0.156. The number of nitrogens with zero attached hydrogens (tertiary/aromatic N) is 2. The molecule has 0 N–H and O–H groups in total. The Morgan fingerprint density at radius 3 is 2.17 bits per heavy atom. The fourth-order valence-electron chi connectivity index (χ4n) is 5.01. The highest BCUT2D eigenvalue weighted by Crippen LogP contribution is 2.44. The van der Waals surface area contributed by atoms with Crippen molar-refractivity contribution in [3.8, 4) is 11.1 Å². The topological polar surface area (TPSA) is 34.4 Å². The van der Waals surface area contributed by atoms with Gasteiger partial charge in [0.1, 0.15) is 5.49 Å². The molecule has 0 amide bonds. The van der Waals surface area contributed by atoms with Gasteiger partial charge in [0.25, 0.3) is 0 Å². The SMILES string of the molecule is C=C[P@](=O)(c1ccccc1)c1ccc(-c2ccc3/c(=N/C)n(CCCC)c4ccccc4c3c2)cc1. The molecule has 0 fully saturated rings. The molecule has 5 aromatic rings. The molecule has 36 heavy (non-hydrogen) atoms. The van der Waals surface area contributed by atoms with E-state index >= 15 is 0 Å². The number of pyridine rings is 1. The molecule has 0 bridgehead atoms. The molecule has 180 valence electrons. The van der Waals surface area contributed by atoms with Crippen molar-refractivity contribution in [3.05, 3.63) is 115 Å². The maximum absolute atomic E-state index is 13.8. The van der Waals surface area contributed by atoms with Crippen LogP contribution in [0.1, 0.15) is 19.8 Å². The molecule has 1 heterocycles. The largest absolute Gasteiger partial charge is 0.326 e. The van der Waals surface area contributed by atoms with E-state index in [1.165, 1.54) is 16.3 Å². The third-order valence-electron chi connectivity index (χ3n) is 6.93. The monoisotopic (exact) mass is 490 g/mol. The van der Waals surface area contributed by atoms with Crippen LogP contribution in [0.15, 0.2) is 114 Å². The molecule has 1 aromatic heterocycles. The zero-order valence-corrected chi connectivity index (χ0v) is 21.8. The number of hydrogen-bond acceptors (Lipinski definition) is 2. The quantitative estimate of drug-likeness (QED) is 0.175. The molecule has 0 radical (unpaired) electrons. The van der Waals surface area contributed by atoms with E-state index in [-0.39, 0.29) is 0 Å². The standard InChI is InChI=1S/C32H31N2OP/c1-4-6-22-34-31-15-11-10-14-28(31)30-23-25(18-21-29(30)32(34)33-3)24-16-19-27(20-17-24)36(35,5-2)26-12-8-7-9-13-26/h5,7-21,23H,2,4,6,22H2,1,3H3/b33-32-/t36-/m0/s1. The van der Waals surface area contributed by atoms with Crippen molar-refractivity contribution in [3.63, 3.8) is 0 Å². The molecule has 0 saturated heterocycles. The van der Waals surface area contributed by atoms with E-state index in [9.17, 15) is 4.57 Å². The third kappa shape index (κ3) is 4.14. The Bertz CT molecular complexity index is 1660. The minimum atomic E-state index is -2.87. The predicted octanol–water partition coefficient (Wildman–Crippen LogP) is 7.25. The van der Waals surface area contributed by atoms with Crippen molar-refractivity contribution in [1.29, 1.82) is 0 Å². The lowest BCUT2D eigenvalue weighted by atomic mass is 9.99. The van der Waals surface area contributed by atoms with Crippen LogP contribution in [0.25, 0.3) is 32.8 Å². The van der Waals surface area contributed by atoms with Gasteiger partial charge in [-0.15, -0.1) is 0 Å². The van der Waals surface area contributed by atoms with Gasteiger partial charge in [-0.1, -0.05) is 105 Å². The summed E-state index contributed by atoms with van der Waals surface area (Å²) in [5.41, 5.74) is 4.45. The molecule has 0 aliphatic heterocycles. The molecule has 0 unspecified atom stereocenters. The summed E-state index contributed by atoms with van der Waals surface area (Å²) in [6.45, 7) is 7.07. The number of aryl methyl sites for hydroxylation is 1. The van der Waals surface area contributed by atoms with Crippen LogP contribution < -0.4 is 16.1 Å². The van der Waals surface area contributed by atoms with Crippen molar-refractivity contribution in [2.75, 3.05) is 7.05 Å². The molecule has 4 heteroatoms. The lowest BCUT2D eigenvalue weighted by Gasteiger charge is -2.17. The summed E-state index contributed by atoms with van der Waals surface area (Å²) in [4.78, 5) is 4.70. The molecule has 0 spiro atoms. The number of aromatic nitrogens is 1. The van der Waals surface area contributed by atoms with E-state index < -0.39 is 7.14 Å². The van der Waals surface area contributed by atoms with E-state index in [4.69, 9.17) is 4.99 Å². The van der Waals surface area contributed by atoms with Gasteiger partial charge in [-0.2, -0.15) is 0 Å². The first-order chi connectivity index (χ1) is 17.6. The van der Waals surface area contributed by atoms with Crippen LogP contribution in [0.4, 0.5) is 0 Å². The summed E-state index contributed by atoms with van der Waals surface area (Å²) in [7, 11) is -0.987. The number of unbranched alkanes of at least 4 members (excludes halogenated alkanes) is 1. The van der Waals surface area contributed by atoms with Gasteiger partial charge in [-0.25, -0.2) is 0 Å². The summed E-state index contributed by atoms with van der Waals surface area (Å²) >= 11 is 0. The van der Waals surface area contributed by atoms with E-state index in [1.54, 1.807) is 5.82 Å². The molecule has 0 aliphatic rings. The Labute approximate surface area is 212 Å². The summed E-state index contributed by atoms with van der Waals surface area (Å²) in [5, 5.41) is 5.18. The van der Waals surface area contributed by atoms with Crippen molar-refractivity contribution in [2.24, 2.45) is 4.99 Å². The minimum Gasteiger partial charge on any atom is -0.326 e. The van der Waals surface area contributed by atoms with Crippen molar-refractivity contribution in [2.45, 2.75) is 26.3 Å². The minimum absolute atomic E-state index is 0.794. The Balaban J connectivity index is 1.63. The molecule has 4 aromatic carbocycles. The molecule has 0 aliphatic carbocycles. The van der Waals surface area contributed by atoms with Gasteiger partial charge in [0.15, 0.2) is 7.14 Å². The van der Waals surface area contributed by atoms with E-state index in [2.05, 4.69) is 72.7 Å². The smallest absolute Gasteiger partial charge is 0.163 e. The summed E-state index contributed by atoms with van der Waals surface area (Å²) in [6.07, 6.45) is 2.26. The maximum atomic E-state index is 13.8. The average Bonchev–Trinajstić information content (AvgIpc) is 2.95. The van der Waals surface area contributed by atoms with E-state index in [0.717, 1.165) is 52.0 Å². The lowest BCUT2D eigenvalue weighted by molar-refractivity contribution is 0.592. The number of benzene rings is 4. The average molecular weight is 491 g/mol. The highest BCUT2D eigenvalue weighted by Gasteiger charge is 2.23. The van der Waals surface area contributed by atoms with Crippen LogP contribution in [0.3, 0.4) is 0 Å². The first-order valence-electron chi connectivity index (χ1n) is 12.5. The van der Waals surface area contributed by atoms with Crippen molar-refractivity contribution < 1.29 is 4.57 Å².